The third-order valence-electron chi connectivity index (χ3n) is 4.29. The topological polar surface area (TPSA) is 60.9 Å². The molecule has 1 aromatic carbocycles. The molecule has 0 aromatic heterocycles. The maximum Gasteiger partial charge on any atom is 0.324 e. The molecule has 1 saturated heterocycles. The Kier molecular flexibility index (Phi) is 3.53. The maximum atomic E-state index is 13.4. The van der Waals surface area contributed by atoms with Crippen LogP contribution in [0.5, 0.6) is 0 Å². The van der Waals surface area contributed by atoms with Gasteiger partial charge < -0.3 is 10.0 Å². The molecule has 0 aliphatic carbocycles. The minimum atomic E-state index is -0.796. The van der Waals surface area contributed by atoms with E-state index in [2.05, 4.69) is 0 Å². The molecule has 2 amide bonds. The van der Waals surface area contributed by atoms with Gasteiger partial charge in [0.05, 0.1) is 11.6 Å². The minimum absolute atomic E-state index is 0.150. The van der Waals surface area contributed by atoms with Crippen LogP contribution in [0.15, 0.2) is 18.2 Å². The van der Waals surface area contributed by atoms with Gasteiger partial charge in [0.2, 0.25) is 0 Å². The molecule has 0 atom stereocenters. The minimum Gasteiger partial charge on any atom is -0.481 e. The molecule has 112 valence electrons. The van der Waals surface area contributed by atoms with Gasteiger partial charge in [0.25, 0.3) is 0 Å². The van der Waals surface area contributed by atoms with Crippen molar-refractivity contribution in [3.05, 3.63) is 29.6 Å². The Morgan fingerprint density at radius 1 is 1.19 bits per heavy atom. The van der Waals surface area contributed by atoms with Crippen molar-refractivity contribution in [2.45, 2.75) is 19.3 Å². The summed E-state index contributed by atoms with van der Waals surface area (Å²) >= 11 is 0. The summed E-state index contributed by atoms with van der Waals surface area (Å²) in [5.74, 6) is -1.51. The number of halogens is 1. The molecule has 2 aliphatic rings. The summed E-state index contributed by atoms with van der Waals surface area (Å²) in [5, 5.41) is 8.98. The predicted molar refractivity (Wildman–Crippen MR) is 74.8 cm³/mol. The van der Waals surface area contributed by atoms with Crippen molar-refractivity contribution in [2.75, 3.05) is 24.5 Å². The second-order valence-electron chi connectivity index (χ2n) is 5.56. The van der Waals surface area contributed by atoms with Crippen LogP contribution in [0.3, 0.4) is 0 Å². The van der Waals surface area contributed by atoms with Crippen LogP contribution in [0.1, 0.15) is 18.4 Å². The number of fused-ring (bicyclic) bond motifs is 1. The van der Waals surface area contributed by atoms with E-state index in [0.29, 0.717) is 38.2 Å². The molecule has 0 radical (unpaired) electrons. The Morgan fingerprint density at radius 3 is 2.57 bits per heavy atom. The first-order valence-corrected chi connectivity index (χ1v) is 7.14. The molecule has 5 nitrogen and oxygen atoms in total. The van der Waals surface area contributed by atoms with Crippen molar-refractivity contribution in [3.8, 4) is 0 Å². The second kappa shape index (κ2) is 5.35. The maximum absolute atomic E-state index is 13.4. The van der Waals surface area contributed by atoms with E-state index in [-0.39, 0.29) is 17.8 Å². The number of piperidine rings is 1. The van der Waals surface area contributed by atoms with Crippen LogP contribution in [0.2, 0.25) is 0 Å². The smallest absolute Gasteiger partial charge is 0.324 e. The van der Waals surface area contributed by atoms with Gasteiger partial charge in [0.15, 0.2) is 0 Å². The fraction of sp³-hybridized carbons (Fsp3) is 0.467. The van der Waals surface area contributed by atoms with Gasteiger partial charge in [-0.2, -0.15) is 0 Å². The summed E-state index contributed by atoms with van der Waals surface area (Å²) in [6, 6.07) is 4.37. The lowest BCUT2D eigenvalue weighted by Gasteiger charge is -2.33. The Labute approximate surface area is 122 Å². The molecule has 2 heterocycles. The molecular formula is C15H17FN2O3. The number of urea groups is 1. The van der Waals surface area contributed by atoms with Crippen molar-refractivity contribution in [1.82, 2.24) is 4.90 Å². The highest BCUT2D eigenvalue weighted by atomic mass is 19.1. The van der Waals surface area contributed by atoms with E-state index in [4.69, 9.17) is 5.11 Å². The molecule has 1 N–H and O–H groups in total. The number of likely N-dealkylation sites (tertiary alicyclic amines) is 1. The quantitative estimate of drug-likeness (QED) is 0.862. The van der Waals surface area contributed by atoms with Gasteiger partial charge in [-0.1, -0.05) is 6.07 Å². The van der Waals surface area contributed by atoms with Gasteiger partial charge in [-0.25, -0.2) is 9.18 Å². The highest BCUT2D eigenvalue weighted by Gasteiger charge is 2.32. The van der Waals surface area contributed by atoms with Gasteiger partial charge >= 0.3 is 12.0 Å². The highest BCUT2D eigenvalue weighted by Crippen LogP contribution is 2.30. The van der Waals surface area contributed by atoms with Gasteiger partial charge in [-0.05, 0) is 37.0 Å². The molecule has 0 spiro atoms. The number of amides is 2. The van der Waals surface area contributed by atoms with E-state index in [1.807, 2.05) is 0 Å². The molecular weight excluding hydrogens is 275 g/mol. The Bertz CT molecular complexity index is 582. The van der Waals surface area contributed by atoms with Gasteiger partial charge in [0, 0.05) is 19.6 Å². The van der Waals surface area contributed by atoms with Crippen molar-refractivity contribution in [2.24, 2.45) is 5.92 Å². The summed E-state index contributed by atoms with van der Waals surface area (Å²) in [5.41, 5.74) is 1.62. The predicted octanol–water partition coefficient (Wildman–Crippen LogP) is 2.10. The van der Waals surface area contributed by atoms with Crippen molar-refractivity contribution >= 4 is 17.7 Å². The third-order valence-corrected chi connectivity index (χ3v) is 4.29. The van der Waals surface area contributed by atoms with E-state index >= 15 is 0 Å². The van der Waals surface area contributed by atoms with Gasteiger partial charge in [0.1, 0.15) is 5.82 Å². The summed E-state index contributed by atoms with van der Waals surface area (Å²) in [4.78, 5) is 26.7. The average molecular weight is 292 g/mol. The standard InChI is InChI=1S/C15H17FN2O3/c16-12-2-1-10-5-8-18(13(10)9-12)15(21)17-6-3-11(4-7-17)14(19)20/h1-2,9,11H,3-8H2,(H,19,20). The van der Waals surface area contributed by atoms with Crippen LogP contribution < -0.4 is 4.90 Å². The van der Waals surface area contributed by atoms with Crippen LogP contribution in [-0.4, -0.2) is 41.6 Å². The first-order chi connectivity index (χ1) is 10.1. The Balaban J connectivity index is 1.71. The molecule has 0 bridgehead atoms. The summed E-state index contributed by atoms with van der Waals surface area (Å²) in [6.45, 7) is 1.43. The highest BCUT2D eigenvalue weighted by molar-refractivity contribution is 5.94. The molecule has 0 unspecified atom stereocenters. The number of aliphatic carboxylic acids is 1. The first kappa shape index (κ1) is 13.9. The Hall–Kier alpha value is -2.11. The lowest BCUT2D eigenvalue weighted by molar-refractivity contribution is -0.143. The van der Waals surface area contributed by atoms with Crippen LogP contribution in [0, 0.1) is 11.7 Å². The molecule has 3 rings (SSSR count). The number of carboxylic acids is 1. The number of benzene rings is 1. The van der Waals surface area contributed by atoms with Crippen molar-refractivity contribution in [3.63, 3.8) is 0 Å². The molecule has 6 heteroatoms. The van der Waals surface area contributed by atoms with E-state index in [9.17, 15) is 14.0 Å². The molecule has 0 saturated carbocycles. The second-order valence-corrected chi connectivity index (χ2v) is 5.56. The normalized spacial score (nSPS) is 18.7. The van der Waals surface area contributed by atoms with Gasteiger partial charge in [-0.15, -0.1) is 0 Å². The van der Waals surface area contributed by atoms with E-state index in [1.165, 1.54) is 12.1 Å². The monoisotopic (exact) mass is 292 g/mol. The molecule has 1 fully saturated rings. The number of hydrogen-bond donors (Lipinski definition) is 1. The van der Waals surface area contributed by atoms with E-state index < -0.39 is 5.97 Å². The molecule has 2 aliphatic heterocycles. The van der Waals surface area contributed by atoms with E-state index in [0.717, 1.165) is 12.0 Å². The number of rotatable bonds is 1. The SMILES string of the molecule is O=C(O)C1CCN(C(=O)N2CCc3ccc(F)cc32)CC1. The van der Waals surface area contributed by atoms with Crippen molar-refractivity contribution < 1.29 is 19.1 Å². The summed E-state index contributed by atoms with van der Waals surface area (Å²) in [6.07, 6.45) is 1.68. The summed E-state index contributed by atoms with van der Waals surface area (Å²) < 4.78 is 13.4. The lowest BCUT2D eigenvalue weighted by Crippen LogP contribution is -2.47. The van der Waals surface area contributed by atoms with Crippen molar-refractivity contribution in [1.29, 1.82) is 0 Å². The zero-order chi connectivity index (χ0) is 15.0. The largest absolute Gasteiger partial charge is 0.481 e. The zero-order valence-electron chi connectivity index (χ0n) is 11.6. The number of anilines is 1. The number of nitrogens with zero attached hydrogens (tertiary/aromatic N) is 2. The van der Waals surface area contributed by atoms with Crippen LogP contribution in [0.25, 0.3) is 0 Å². The van der Waals surface area contributed by atoms with Crippen LogP contribution >= 0.6 is 0 Å². The third kappa shape index (κ3) is 2.57. The number of carbonyl (C=O) groups is 2. The number of hydrogen-bond acceptors (Lipinski definition) is 2. The molecule has 21 heavy (non-hydrogen) atoms. The number of carbonyl (C=O) groups excluding carboxylic acids is 1. The zero-order valence-corrected chi connectivity index (χ0v) is 11.6. The first-order valence-electron chi connectivity index (χ1n) is 7.14. The van der Waals surface area contributed by atoms with Gasteiger partial charge in [-0.3, -0.25) is 9.69 Å². The van der Waals surface area contributed by atoms with Crippen LogP contribution in [0.4, 0.5) is 14.9 Å². The number of carboxylic acid groups (broad SMARTS) is 1. The Morgan fingerprint density at radius 2 is 1.90 bits per heavy atom. The van der Waals surface area contributed by atoms with Crippen LogP contribution in [-0.2, 0) is 11.2 Å². The van der Waals surface area contributed by atoms with E-state index in [1.54, 1.807) is 15.9 Å². The fourth-order valence-electron chi connectivity index (χ4n) is 3.04. The lowest BCUT2D eigenvalue weighted by atomic mass is 9.97. The summed E-state index contributed by atoms with van der Waals surface area (Å²) in [7, 11) is 0. The molecule has 1 aromatic rings. The average Bonchev–Trinajstić information content (AvgIpc) is 2.89. The fourth-order valence-corrected chi connectivity index (χ4v) is 3.04.